The Morgan fingerprint density at radius 1 is 1.12 bits per heavy atom. The number of hydrogen-bond donors (Lipinski definition) is 1. The van der Waals surface area contributed by atoms with Crippen LogP contribution in [0.2, 0.25) is 0 Å². The molecule has 6 nitrogen and oxygen atoms in total. The van der Waals surface area contributed by atoms with Crippen molar-refractivity contribution in [1.82, 2.24) is 5.32 Å². The zero-order valence-electron chi connectivity index (χ0n) is 15.7. The van der Waals surface area contributed by atoms with Crippen LogP contribution in [0.3, 0.4) is 0 Å². The minimum atomic E-state index is -0.710. The van der Waals surface area contributed by atoms with Crippen LogP contribution in [0.25, 0.3) is 0 Å². The normalized spacial score (nSPS) is 18.3. The van der Waals surface area contributed by atoms with E-state index in [2.05, 4.69) is 5.32 Å². The van der Waals surface area contributed by atoms with E-state index < -0.39 is 5.41 Å². The lowest BCUT2D eigenvalue weighted by atomic mass is 9.78. The molecule has 1 N–H and O–H groups in total. The van der Waals surface area contributed by atoms with Crippen molar-refractivity contribution in [2.45, 2.75) is 57.4 Å². The molecule has 26 heavy (non-hydrogen) atoms. The van der Waals surface area contributed by atoms with Gasteiger partial charge >= 0.3 is 5.97 Å². The van der Waals surface area contributed by atoms with Crippen LogP contribution in [0, 0.1) is 0 Å². The maximum absolute atomic E-state index is 12.9. The maximum Gasteiger partial charge on any atom is 0.317 e. The molecule has 6 heteroatoms. The summed E-state index contributed by atoms with van der Waals surface area (Å²) in [7, 11) is 0. The number of esters is 1. The standard InChI is InChI=1S/C20H27NO5/c1-19(2,3)21-17(22)13-26-18(23)20(8-4-5-9-20)14-6-7-15-16(12-14)25-11-10-24-15/h6-7,12H,4-5,8-11,13H2,1-3H3,(H,21,22). The highest BCUT2D eigenvalue weighted by Gasteiger charge is 2.45. The number of benzene rings is 1. The molecule has 1 aliphatic carbocycles. The molecule has 0 radical (unpaired) electrons. The fourth-order valence-corrected chi connectivity index (χ4v) is 3.65. The summed E-state index contributed by atoms with van der Waals surface area (Å²) >= 11 is 0. The number of ether oxygens (including phenoxy) is 3. The van der Waals surface area contributed by atoms with Gasteiger partial charge in [0.1, 0.15) is 13.2 Å². The summed E-state index contributed by atoms with van der Waals surface area (Å²) in [6.07, 6.45) is 3.34. The molecular weight excluding hydrogens is 334 g/mol. The number of fused-ring (bicyclic) bond motifs is 1. The molecule has 3 rings (SSSR count). The first-order valence-electron chi connectivity index (χ1n) is 9.19. The van der Waals surface area contributed by atoms with E-state index in [-0.39, 0.29) is 24.0 Å². The van der Waals surface area contributed by atoms with Gasteiger partial charge in [0.25, 0.3) is 5.91 Å². The largest absolute Gasteiger partial charge is 0.486 e. The lowest BCUT2D eigenvalue weighted by molar-refractivity contribution is -0.154. The Balaban J connectivity index is 1.75. The number of hydrogen-bond acceptors (Lipinski definition) is 5. The van der Waals surface area contributed by atoms with Crippen molar-refractivity contribution in [1.29, 1.82) is 0 Å². The third kappa shape index (κ3) is 3.94. The van der Waals surface area contributed by atoms with Gasteiger partial charge in [-0.1, -0.05) is 18.9 Å². The molecule has 0 spiro atoms. The average molecular weight is 361 g/mol. The highest BCUT2D eigenvalue weighted by molar-refractivity contribution is 5.87. The van der Waals surface area contributed by atoms with Gasteiger partial charge in [-0.3, -0.25) is 9.59 Å². The molecule has 1 amide bonds. The molecule has 1 aromatic rings. The SMILES string of the molecule is CC(C)(C)NC(=O)COC(=O)C1(c2ccc3c(c2)OCCO3)CCCC1. The van der Waals surface area contributed by atoms with Crippen molar-refractivity contribution in [3.05, 3.63) is 23.8 Å². The second-order valence-electron chi connectivity index (χ2n) is 8.02. The first-order valence-corrected chi connectivity index (χ1v) is 9.19. The average Bonchev–Trinajstić information content (AvgIpc) is 3.09. The predicted molar refractivity (Wildman–Crippen MR) is 96.4 cm³/mol. The van der Waals surface area contributed by atoms with Gasteiger partial charge in [-0.2, -0.15) is 0 Å². The Bertz CT molecular complexity index is 686. The van der Waals surface area contributed by atoms with Gasteiger partial charge in [0, 0.05) is 5.54 Å². The van der Waals surface area contributed by atoms with Gasteiger partial charge < -0.3 is 19.5 Å². The molecule has 0 unspecified atom stereocenters. The van der Waals surface area contributed by atoms with Gasteiger partial charge in [-0.15, -0.1) is 0 Å². The van der Waals surface area contributed by atoms with Gasteiger partial charge in [0.15, 0.2) is 18.1 Å². The smallest absolute Gasteiger partial charge is 0.317 e. The number of nitrogens with one attached hydrogen (secondary N) is 1. The quantitative estimate of drug-likeness (QED) is 0.835. The molecular formula is C20H27NO5. The zero-order chi connectivity index (χ0) is 18.8. The summed E-state index contributed by atoms with van der Waals surface area (Å²) < 4.78 is 16.6. The summed E-state index contributed by atoms with van der Waals surface area (Å²) in [5.74, 6) is 0.737. The van der Waals surface area contributed by atoms with Crippen molar-refractivity contribution in [2.75, 3.05) is 19.8 Å². The highest BCUT2D eigenvalue weighted by Crippen LogP contribution is 2.45. The maximum atomic E-state index is 12.9. The van der Waals surface area contributed by atoms with E-state index in [1.807, 2.05) is 39.0 Å². The zero-order valence-corrected chi connectivity index (χ0v) is 15.7. The fraction of sp³-hybridized carbons (Fsp3) is 0.600. The molecule has 2 aliphatic rings. The Morgan fingerprint density at radius 2 is 1.77 bits per heavy atom. The summed E-state index contributed by atoms with van der Waals surface area (Å²) in [6.45, 7) is 6.44. The molecule has 0 saturated heterocycles. The molecule has 1 fully saturated rings. The van der Waals surface area contributed by atoms with Gasteiger partial charge in [-0.05, 0) is 51.3 Å². The second kappa shape index (κ2) is 7.17. The highest BCUT2D eigenvalue weighted by atomic mass is 16.6. The van der Waals surface area contributed by atoms with E-state index in [1.54, 1.807) is 0 Å². The van der Waals surface area contributed by atoms with Gasteiger partial charge in [0.05, 0.1) is 5.41 Å². The summed E-state index contributed by atoms with van der Waals surface area (Å²) in [5, 5.41) is 2.81. The third-order valence-corrected chi connectivity index (χ3v) is 4.79. The Labute approximate surface area is 154 Å². The number of amides is 1. The fourth-order valence-electron chi connectivity index (χ4n) is 3.65. The first kappa shape index (κ1) is 18.5. The van der Waals surface area contributed by atoms with Crippen LogP contribution in [0.4, 0.5) is 0 Å². The molecule has 1 aliphatic heterocycles. The lowest BCUT2D eigenvalue weighted by Crippen LogP contribution is -2.44. The summed E-state index contributed by atoms with van der Waals surface area (Å²) in [4.78, 5) is 24.9. The lowest BCUT2D eigenvalue weighted by Gasteiger charge is -2.29. The Morgan fingerprint density at radius 3 is 2.42 bits per heavy atom. The Kier molecular flexibility index (Phi) is 5.12. The molecule has 1 heterocycles. The summed E-state index contributed by atoms with van der Waals surface area (Å²) in [5.41, 5.74) is -0.192. The van der Waals surface area contributed by atoms with Crippen molar-refractivity contribution in [2.24, 2.45) is 0 Å². The molecule has 0 aromatic heterocycles. The molecule has 1 saturated carbocycles. The number of carbonyl (C=O) groups excluding carboxylic acids is 2. The predicted octanol–water partition coefficient (Wildman–Crippen LogP) is 2.73. The van der Waals surface area contributed by atoms with E-state index >= 15 is 0 Å². The van der Waals surface area contributed by atoms with Crippen molar-refractivity contribution in [3.63, 3.8) is 0 Å². The van der Waals surface area contributed by atoms with Gasteiger partial charge in [-0.25, -0.2) is 0 Å². The van der Waals surface area contributed by atoms with E-state index in [1.165, 1.54) is 0 Å². The second-order valence-corrected chi connectivity index (χ2v) is 8.02. The van der Waals surface area contributed by atoms with Crippen LogP contribution < -0.4 is 14.8 Å². The monoisotopic (exact) mass is 361 g/mol. The Hall–Kier alpha value is -2.24. The van der Waals surface area contributed by atoms with Crippen LogP contribution in [0.15, 0.2) is 18.2 Å². The van der Waals surface area contributed by atoms with Crippen LogP contribution in [-0.4, -0.2) is 37.2 Å². The number of rotatable bonds is 4. The van der Waals surface area contributed by atoms with Gasteiger partial charge in [0.2, 0.25) is 0 Å². The van der Waals surface area contributed by atoms with E-state index in [0.717, 1.165) is 18.4 Å². The van der Waals surface area contributed by atoms with E-state index in [9.17, 15) is 9.59 Å². The first-order chi connectivity index (χ1) is 12.3. The molecule has 0 bridgehead atoms. The van der Waals surface area contributed by atoms with Crippen LogP contribution >= 0.6 is 0 Å². The number of carbonyl (C=O) groups is 2. The molecule has 0 atom stereocenters. The van der Waals surface area contributed by atoms with Crippen LogP contribution in [0.5, 0.6) is 11.5 Å². The van der Waals surface area contributed by atoms with Crippen LogP contribution in [0.1, 0.15) is 52.0 Å². The molecule has 1 aromatic carbocycles. The van der Waals surface area contributed by atoms with E-state index in [4.69, 9.17) is 14.2 Å². The van der Waals surface area contributed by atoms with Crippen molar-refractivity contribution in [3.8, 4) is 11.5 Å². The third-order valence-electron chi connectivity index (χ3n) is 4.79. The summed E-state index contributed by atoms with van der Waals surface area (Å²) in [6, 6.07) is 5.65. The minimum absolute atomic E-state index is 0.262. The molecule has 142 valence electrons. The minimum Gasteiger partial charge on any atom is -0.486 e. The van der Waals surface area contributed by atoms with Crippen molar-refractivity contribution >= 4 is 11.9 Å². The van der Waals surface area contributed by atoms with Crippen LogP contribution in [-0.2, 0) is 19.7 Å². The van der Waals surface area contributed by atoms with E-state index in [0.29, 0.717) is 37.6 Å². The van der Waals surface area contributed by atoms with Crippen molar-refractivity contribution < 1.29 is 23.8 Å². The topological polar surface area (TPSA) is 73.9 Å².